The molecule has 41 heavy (non-hydrogen) atoms. The van der Waals surface area contributed by atoms with E-state index in [2.05, 4.69) is 0 Å². The maximum Gasteiger partial charge on any atom is 0.343 e. The van der Waals surface area contributed by atoms with Gasteiger partial charge in [0.25, 0.3) is 15.9 Å². The molecule has 0 unspecified atom stereocenters. The Labute approximate surface area is 255 Å². The van der Waals surface area contributed by atoms with Gasteiger partial charge in [-0.25, -0.2) is 13.2 Å². The minimum absolute atomic E-state index is 0.00267. The largest absolute Gasteiger partial charge is 0.422 e. The minimum Gasteiger partial charge on any atom is -0.422 e. The molecule has 5 rings (SSSR count). The van der Waals surface area contributed by atoms with Crippen molar-refractivity contribution in [1.82, 2.24) is 0 Å². The number of benzene rings is 5. The van der Waals surface area contributed by atoms with E-state index in [1.165, 1.54) is 66.7 Å². The number of carbonyl (C=O) groups excluding carboxylic acids is 2. The van der Waals surface area contributed by atoms with Crippen LogP contribution >= 0.6 is 46.4 Å². The first-order valence-corrected chi connectivity index (χ1v) is 14.8. The fourth-order valence-corrected chi connectivity index (χ4v) is 6.53. The summed E-state index contributed by atoms with van der Waals surface area (Å²) >= 11 is 24.3. The Kier molecular flexibility index (Phi) is 8.27. The van der Waals surface area contributed by atoms with Crippen LogP contribution in [0.15, 0.2) is 108 Å². The Morgan fingerprint density at radius 3 is 1.83 bits per heavy atom. The molecule has 11 heteroatoms. The van der Waals surface area contributed by atoms with Crippen molar-refractivity contribution in [3.05, 3.63) is 134 Å². The molecular weight excluding hydrogens is 628 g/mol. The van der Waals surface area contributed by atoms with E-state index in [1.54, 1.807) is 36.4 Å². The molecule has 5 aromatic rings. The summed E-state index contributed by atoms with van der Waals surface area (Å²) < 4.78 is 34.6. The molecule has 0 heterocycles. The summed E-state index contributed by atoms with van der Waals surface area (Å²) in [5.41, 5.74) is 0.321. The van der Waals surface area contributed by atoms with Crippen molar-refractivity contribution in [1.29, 1.82) is 0 Å². The number of hydrogen-bond acceptors (Lipinski definition) is 5. The van der Waals surface area contributed by atoms with Gasteiger partial charge in [0.05, 0.1) is 16.3 Å². The van der Waals surface area contributed by atoms with Crippen LogP contribution in [-0.4, -0.2) is 20.3 Å². The first-order chi connectivity index (χ1) is 19.6. The van der Waals surface area contributed by atoms with Gasteiger partial charge < -0.3 is 4.74 Å². The highest BCUT2D eigenvalue weighted by Crippen LogP contribution is 2.39. The topological polar surface area (TPSA) is 80.8 Å². The zero-order valence-corrected chi connectivity index (χ0v) is 24.6. The smallest absolute Gasteiger partial charge is 0.343 e. The van der Waals surface area contributed by atoms with Gasteiger partial charge in [0, 0.05) is 31.4 Å². The van der Waals surface area contributed by atoms with Gasteiger partial charge in [0.1, 0.15) is 10.6 Å². The van der Waals surface area contributed by atoms with Crippen LogP contribution < -0.4 is 9.04 Å². The second-order valence-electron chi connectivity index (χ2n) is 8.68. The lowest BCUT2D eigenvalue weighted by Crippen LogP contribution is -2.37. The summed E-state index contributed by atoms with van der Waals surface area (Å²) in [7, 11) is -4.63. The van der Waals surface area contributed by atoms with E-state index < -0.39 is 21.9 Å². The van der Waals surface area contributed by atoms with Crippen LogP contribution in [-0.2, 0) is 10.0 Å². The lowest BCUT2D eigenvalue weighted by molar-refractivity contribution is 0.0736. The lowest BCUT2D eigenvalue weighted by atomic mass is 10.1. The zero-order chi connectivity index (χ0) is 29.3. The first kappa shape index (κ1) is 28.9. The standard InChI is InChI=1S/C30H17Cl4NO5S/c31-20-9-5-18(6-10-20)29(36)35(41(38,39)28-17-22(33)13-14-25(28)34)26-15-16-27(24-4-2-1-3-23(24)26)40-30(37)19-7-11-21(32)12-8-19/h1-17H. The van der Waals surface area contributed by atoms with Crippen LogP contribution in [0.5, 0.6) is 5.75 Å². The van der Waals surface area contributed by atoms with Gasteiger partial charge in [-0.1, -0.05) is 70.7 Å². The highest BCUT2D eigenvalue weighted by molar-refractivity contribution is 7.93. The number of hydrogen-bond donors (Lipinski definition) is 0. The fraction of sp³-hybridized carbons (Fsp3) is 0. The monoisotopic (exact) mass is 643 g/mol. The average molecular weight is 645 g/mol. The number of carbonyl (C=O) groups is 2. The fourth-order valence-electron chi connectivity index (χ4n) is 4.10. The summed E-state index contributed by atoms with van der Waals surface area (Å²) in [6.07, 6.45) is 0. The second kappa shape index (κ2) is 11.7. The molecule has 5 aromatic carbocycles. The number of nitrogens with zero attached hydrogens (tertiary/aromatic N) is 1. The van der Waals surface area contributed by atoms with Crippen molar-refractivity contribution in [2.24, 2.45) is 0 Å². The third-order valence-corrected chi connectivity index (χ3v) is 8.97. The van der Waals surface area contributed by atoms with Gasteiger partial charge in [0.15, 0.2) is 0 Å². The van der Waals surface area contributed by atoms with Crippen LogP contribution in [0, 0.1) is 0 Å². The van der Waals surface area contributed by atoms with Gasteiger partial charge >= 0.3 is 5.97 Å². The highest BCUT2D eigenvalue weighted by Gasteiger charge is 2.35. The predicted molar refractivity (Wildman–Crippen MR) is 162 cm³/mol. The van der Waals surface area contributed by atoms with E-state index in [1.807, 2.05) is 0 Å². The summed E-state index contributed by atoms with van der Waals surface area (Å²) in [6, 6.07) is 25.3. The Morgan fingerprint density at radius 2 is 1.20 bits per heavy atom. The average Bonchev–Trinajstić information content (AvgIpc) is 2.96. The predicted octanol–water partition coefficient (Wildman–Crippen LogP) is 8.71. The highest BCUT2D eigenvalue weighted by atomic mass is 35.5. The number of rotatable bonds is 6. The van der Waals surface area contributed by atoms with Crippen molar-refractivity contribution in [2.75, 3.05) is 4.31 Å². The van der Waals surface area contributed by atoms with Crippen molar-refractivity contribution >= 4 is 84.8 Å². The molecule has 0 N–H and O–H groups in total. The van der Waals surface area contributed by atoms with E-state index in [0.717, 1.165) is 0 Å². The van der Waals surface area contributed by atoms with Crippen molar-refractivity contribution < 1.29 is 22.7 Å². The lowest BCUT2D eigenvalue weighted by Gasteiger charge is -2.25. The van der Waals surface area contributed by atoms with Gasteiger partial charge in [0.2, 0.25) is 0 Å². The molecule has 0 aliphatic rings. The zero-order valence-electron chi connectivity index (χ0n) is 20.7. The molecule has 0 saturated heterocycles. The molecule has 0 spiro atoms. The van der Waals surface area contributed by atoms with Crippen LogP contribution in [0.2, 0.25) is 20.1 Å². The van der Waals surface area contributed by atoms with Crippen LogP contribution in [0.1, 0.15) is 20.7 Å². The number of fused-ring (bicyclic) bond motifs is 1. The summed E-state index contributed by atoms with van der Waals surface area (Å²) in [5.74, 6) is -1.36. The molecule has 0 fully saturated rings. The summed E-state index contributed by atoms with van der Waals surface area (Å²) in [5, 5.41) is 1.52. The molecule has 0 aliphatic carbocycles. The number of esters is 1. The van der Waals surface area contributed by atoms with Gasteiger partial charge in [-0.05, 0) is 78.9 Å². The van der Waals surface area contributed by atoms with Gasteiger partial charge in [-0.2, -0.15) is 4.31 Å². The molecule has 1 amide bonds. The molecular formula is C30H17Cl4NO5S. The number of amides is 1. The normalized spacial score (nSPS) is 11.3. The molecule has 206 valence electrons. The molecule has 0 radical (unpaired) electrons. The maximum atomic E-state index is 14.1. The van der Waals surface area contributed by atoms with Crippen LogP contribution in [0.3, 0.4) is 0 Å². The summed E-state index contributed by atoms with van der Waals surface area (Å²) in [6.45, 7) is 0. The van der Waals surface area contributed by atoms with Gasteiger partial charge in [-0.15, -0.1) is 0 Å². The molecule has 0 bridgehead atoms. The minimum atomic E-state index is -4.63. The summed E-state index contributed by atoms with van der Waals surface area (Å²) in [4.78, 5) is 26.4. The molecule has 0 atom stereocenters. The molecule has 6 nitrogen and oxygen atoms in total. The Bertz CT molecular complexity index is 1910. The quantitative estimate of drug-likeness (QED) is 0.136. The number of ether oxygens (including phenoxy) is 1. The van der Waals surface area contributed by atoms with E-state index in [4.69, 9.17) is 51.1 Å². The Hall–Kier alpha value is -3.59. The van der Waals surface area contributed by atoms with E-state index in [-0.39, 0.29) is 37.5 Å². The van der Waals surface area contributed by atoms with E-state index in [0.29, 0.717) is 25.1 Å². The first-order valence-electron chi connectivity index (χ1n) is 11.9. The van der Waals surface area contributed by atoms with E-state index >= 15 is 0 Å². The molecule has 0 aromatic heterocycles. The second-order valence-corrected chi connectivity index (χ2v) is 12.2. The van der Waals surface area contributed by atoms with Gasteiger partial charge in [-0.3, -0.25) is 4.79 Å². The third-order valence-electron chi connectivity index (χ3n) is 6.05. The van der Waals surface area contributed by atoms with Crippen molar-refractivity contribution in [2.45, 2.75) is 4.90 Å². The molecule has 0 aliphatic heterocycles. The number of sulfonamides is 1. The van der Waals surface area contributed by atoms with E-state index in [9.17, 15) is 18.0 Å². The Morgan fingerprint density at radius 1 is 0.634 bits per heavy atom. The Balaban J connectivity index is 1.68. The molecule has 0 saturated carbocycles. The van der Waals surface area contributed by atoms with Crippen LogP contribution in [0.4, 0.5) is 5.69 Å². The third kappa shape index (κ3) is 5.91. The van der Waals surface area contributed by atoms with Crippen molar-refractivity contribution in [3.63, 3.8) is 0 Å². The van der Waals surface area contributed by atoms with Crippen LogP contribution in [0.25, 0.3) is 10.8 Å². The number of halogens is 4. The maximum absolute atomic E-state index is 14.1. The number of anilines is 1. The SMILES string of the molecule is O=C(Oc1ccc(N(C(=O)c2ccc(Cl)cc2)S(=O)(=O)c2cc(Cl)ccc2Cl)c2ccccc12)c1ccc(Cl)cc1. The van der Waals surface area contributed by atoms with Crippen molar-refractivity contribution in [3.8, 4) is 5.75 Å².